The third-order valence-corrected chi connectivity index (χ3v) is 6.36. The maximum atomic E-state index is 12.9. The first-order valence-electron chi connectivity index (χ1n) is 10.7. The van der Waals surface area contributed by atoms with E-state index in [1.54, 1.807) is 14.0 Å². The lowest BCUT2D eigenvalue weighted by molar-refractivity contribution is -0.139. The molecule has 10 heteroatoms. The Balaban J connectivity index is 1.62. The minimum absolute atomic E-state index is 0.229. The highest BCUT2D eigenvalue weighted by Gasteiger charge is 2.33. The predicted molar refractivity (Wildman–Crippen MR) is 128 cm³/mol. The number of esters is 1. The SMILES string of the molecule is CCOC(=O)C1=C(CSc2nnc(-c3ccc(OC)cc3)n2C)NC(=O)NC1c1ccccc1. The van der Waals surface area contributed by atoms with E-state index in [2.05, 4.69) is 20.8 Å². The number of nitrogens with one attached hydrogen (secondary N) is 2. The van der Waals surface area contributed by atoms with Gasteiger partial charge in [0.2, 0.25) is 0 Å². The van der Waals surface area contributed by atoms with Crippen LogP contribution in [-0.4, -0.2) is 46.2 Å². The number of carbonyl (C=O) groups is 2. The summed E-state index contributed by atoms with van der Waals surface area (Å²) in [7, 11) is 3.49. The highest BCUT2D eigenvalue weighted by molar-refractivity contribution is 7.99. The summed E-state index contributed by atoms with van der Waals surface area (Å²) in [5.74, 6) is 1.28. The molecular formula is C24H25N5O4S. The van der Waals surface area contributed by atoms with Gasteiger partial charge >= 0.3 is 12.0 Å². The molecule has 0 radical (unpaired) electrons. The number of amides is 2. The van der Waals surface area contributed by atoms with E-state index in [-0.39, 0.29) is 12.6 Å². The number of benzene rings is 2. The number of hydrogen-bond donors (Lipinski definition) is 2. The molecule has 34 heavy (non-hydrogen) atoms. The molecule has 176 valence electrons. The summed E-state index contributed by atoms with van der Waals surface area (Å²) in [5.41, 5.74) is 2.55. The highest BCUT2D eigenvalue weighted by atomic mass is 32.2. The van der Waals surface area contributed by atoms with Gasteiger partial charge < -0.3 is 24.7 Å². The molecule has 2 heterocycles. The maximum Gasteiger partial charge on any atom is 0.338 e. The van der Waals surface area contributed by atoms with Crippen molar-refractivity contribution in [2.75, 3.05) is 19.5 Å². The average molecular weight is 480 g/mol. The number of methoxy groups -OCH3 is 1. The van der Waals surface area contributed by atoms with Gasteiger partial charge in [-0.15, -0.1) is 10.2 Å². The first-order chi connectivity index (χ1) is 16.5. The quantitative estimate of drug-likeness (QED) is 0.376. The van der Waals surface area contributed by atoms with Gasteiger partial charge in [-0.3, -0.25) is 0 Å². The van der Waals surface area contributed by atoms with Crippen molar-refractivity contribution in [1.29, 1.82) is 0 Å². The van der Waals surface area contributed by atoms with Crippen LogP contribution in [-0.2, 0) is 16.6 Å². The second-order valence-electron chi connectivity index (χ2n) is 7.44. The van der Waals surface area contributed by atoms with Gasteiger partial charge in [0.1, 0.15) is 5.75 Å². The lowest BCUT2D eigenvalue weighted by Crippen LogP contribution is -2.46. The topological polar surface area (TPSA) is 107 Å². The number of urea groups is 1. The highest BCUT2D eigenvalue weighted by Crippen LogP contribution is 2.31. The third kappa shape index (κ3) is 4.91. The number of rotatable bonds is 8. The summed E-state index contributed by atoms with van der Waals surface area (Å²) in [6.45, 7) is 1.98. The Morgan fingerprint density at radius 3 is 2.53 bits per heavy atom. The molecule has 1 unspecified atom stereocenters. The van der Waals surface area contributed by atoms with E-state index in [1.165, 1.54) is 11.8 Å². The van der Waals surface area contributed by atoms with E-state index in [0.29, 0.717) is 28.0 Å². The Morgan fingerprint density at radius 1 is 1.12 bits per heavy atom. The summed E-state index contributed by atoms with van der Waals surface area (Å²) < 4.78 is 12.4. The lowest BCUT2D eigenvalue weighted by Gasteiger charge is -2.29. The zero-order chi connectivity index (χ0) is 24.1. The standard InChI is InChI=1S/C24H25N5O4S/c1-4-33-22(30)19-18(25-23(31)26-20(19)15-8-6-5-7-9-15)14-34-24-28-27-21(29(24)2)16-10-12-17(32-3)13-11-16/h5-13,20H,4,14H2,1-3H3,(H2,25,26,31). The van der Waals surface area contributed by atoms with E-state index >= 15 is 0 Å². The number of carbonyl (C=O) groups excluding carboxylic acids is 2. The molecule has 0 saturated carbocycles. The minimum Gasteiger partial charge on any atom is -0.497 e. The van der Waals surface area contributed by atoms with Crippen molar-refractivity contribution in [3.63, 3.8) is 0 Å². The summed E-state index contributed by atoms with van der Waals surface area (Å²) in [5, 5.41) is 14.9. The van der Waals surface area contributed by atoms with Gasteiger partial charge in [-0.05, 0) is 36.8 Å². The molecule has 3 aromatic rings. The first kappa shape index (κ1) is 23.4. The number of hydrogen-bond acceptors (Lipinski definition) is 7. The molecule has 0 saturated heterocycles. The fourth-order valence-corrected chi connectivity index (χ4v) is 4.53. The van der Waals surface area contributed by atoms with E-state index in [9.17, 15) is 9.59 Å². The summed E-state index contributed by atoms with van der Waals surface area (Å²) in [6, 6.07) is 15.9. The molecule has 0 fully saturated rings. The van der Waals surface area contributed by atoms with Crippen LogP contribution in [0.2, 0.25) is 0 Å². The molecule has 1 aliphatic rings. The van der Waals surface area contributed by atoms with Crippen molar-refractivity contribution in [2.45, 2.75) is 18.1 Å². The maximum absolute atomic E-state index is 12.9. The van der Waals surface area contributed by atoms with Crippen LogP contribution in [0.25, 0.3) is 11.4 Å². The lowest BCUT2D eigenvalue weighted by atomic mass is 9.95. The van der Waals surface area contributed by atoms with Crippen LogP contribution >= 0.6 is 11.8 Å². The molecule has 2 aromatic carbocycles. The molecular weight excluding hydrogens is 454 g/mol. The predicted octanol–water partition coefficient (Wildman–Crippen LogP) is 3.45. The Hall–Kier alpha value is -3.79. The van der Waals surface area contributed by atoms with Crippen molar-refractivity contribution < 1.29 is 19.1 Å². The van der Waals surface area contributed by atoms with Gasteiger partial charge in [0, 0.05) is 24.1 Å². The Kier molecular flexibility index (Phi) is 7.17. The Morgan fingerprint density at radius 2 is 1.85 bits per heavy atom. The van der Waals surface area contributed by atoms with E-state index < -0.39 is 12.0 Å². The number of nitrogens with zero attached hydrogens (tertiary/aromatic N) is 3. The van der Waals surface area contributed by atoms with Crippen LogP contribution in [0.5, 0.6) is 5.75 Å². The van der Waals surface area contributed by atoms with Crippen molar-refractivity contribution >= 4 is 23.8 Å². The summed E-state index contributed by atoms with van der Waals surface area (Å²) in [4.78, 5) is 25.3. The molecule has 1 aliphatic heterocycles. The number of thioether (sulfide) groups is 1. The molecule has 9 nitrogen and oxygen atoms in total. The molecule has 0 bridgehead atoms. The smallest absolute Gasteiger partial charge is 0.338 e. The van der Waals surface area contributed by atoms with Crippen LogP contribution in [0.1, 0.15) is 18.5 Å². The van der Waals surface area contributed by atoms with Gasteiger partial charge in [0.25, 0.3) is 0 Å². The fourth-order valence-electron chi connectivity index (χ4n) is 3.65. The Bertz CT molecular complexity index is 1210. The van der Waals surface area contributed by atoms with Crippen molar-refractivity contribution in [3.8, 4) is 17.1 Å². The van der Waals surface area contributed by atoms with E-state index in [0.717, 1.165) is 16.9 Å². The van der Waals surface area contributed by atoms with Crippen LogP contribution in [0.3, 0.4) is 0 Å². The zero-order valence-corrected chi connectivity index (χ0v) is 19.9. The monoisotopic (exact) mass is 479 g/mol. The summed E-state index contributed by atoms with van der Waals surface area (Å²) >= 11 is 1.37. The number of ether oxygens (including phenoxy) is 2. The molecule has 2 N–H and O–H groups in total. The van der Waals surface area contributed by atoms with Gasteiger partial charge in [0.15, 0.2) is 11.0 Å². The average Bonchev–Trinajstić information content (AvgIpc) is 3.23. The van der Waals surface area contributed by atoms with E-state index in [4.69, 9.17) is 9.47 Å². The fraction of sp³-hybridized carbons (Fsp3) is 0.250. The molecule has 4 rings (SSSR count). The van der Waals surface area contributed by atoms with Gasteiger partial charge in [0.05, 0.1) is 25.3 Å². The zero-order valence-electron chi connectivity index (χ0n) is 19.1. The van der Waals surface area contributed by atoms with Crippen molar-refractivity contribution in [3.05, 3.63) is 71.4 Å². The van der Waals surface area contributed by atoms with Crippen molar-refractivity contribution in [2.24, 2.45) is 7.05 Å². The molecule has 1 aromatic heterocycles. The third-order valence-electron chi connectivity index (χ3n) is 5.31. The molecule has 1 atom stereocenters. The molecule has 2 amide bonds. The van der Waals surface area contributed by atoms with Crippen LogP contribution < -0.4 is 15.4 Å². The van der Waals surface area contributed by atoms with Crippen LogP contribution in [0, 0.1) is 0 Å². The molecule has 0 aliphatic carbocycles. The Labute approximate surface area is 201 Å². The van der Waals surface area contributed by atoms with Crippen molar-refractivity contribution in [1.82, 2.24) is 25.4 Å². The van der Waals surface area contributed by atoms with E-state index in [1.807, 2.05) is 66.2 Å². The minimum atomic E-state index is -0.612. The van der Waals surface area contributed by atoms with Gasteiger partial charge in [-0.25, -0.2) is 9.59 Å². The first-order valence-corrected chi connectivity index (χ1v) is 11.7. The van der Waals surface area contributed by atoms with Crippen LogP contribution in [0.15, 0.2) is 71.0 Å². The van der Waals surface area contributed by atoms with Gasteiger partial charge in [-0.1, -0.05) is 42.1 Å². The molecule has 0 spiro atoms. The second-order valence-corrected chi connectivity index (χ2v) is 8.38. The second kappa shape index (κ2) is 10.4. The number of aromatic nitrogens is 3. The summed E-state index contributed by atoms with van der Waals surface area (Å²) in [6.07, 6.45) is 0. The van der Waals surface area contributed by atoms with Crippen LogP contribution in [0.4, 0.5) is 4.79 Å². The van der Waals surface area contributed by atoms with Gasteiger partial charge in [-0.2, -0.15) is 0 Å². The normalized spacial score (nSPS) is 15.5. The largest absolute Gasteiger partial charge is 0.497 e.